The Balaban J connectivity index is 0. The molecule has 0 aromatic heterocycles. The summed E-state index contributed by atoms with van der Waals surface area (Å²) in [5, 5.41) is 17.7. The van der Waals surface area contributed by atoms with Crippen LogP contribution in [-0.2, 0) is 4.79 Å². The van der Waals surface area contributed by atoms with E-state index < -0.39 is 12.1 Å². The Morgan fingerprint density at radius 3 is 1.41 bits per heavy atom. The summed E-state index contributed by atoms with van der Waals surface area (Å²) in [6, 6.07) is 0. The molecular weight excluding hydrogens is 364 g/mol. The molecular formula is C24H52N2O3. The Morgan fingerprint density at radius 1 is 0.759 bits per heavy atom. The van der Waals surface area contributed by atoms with E-state index in [0.717, 1.165) is 39.0 Å². The van der Waals surface area contributed by atoms with E-state index in [1.54, 1.807) is 0 Å². The minimum absolute atomic E-state index is 0.396. The number of carbonyl (C=O) groups is 1. The number of nitrogens with zero attached hydrogens (tertiary/aromatic N) is 1. The molecule has 5 heteroatoms. The van der Waals surface area contributed by atoms with Gasteiger partial charge in [-0.25, -0.2) is 4.79 Å². The molecule has 5 nitrogen and oxygen atoms in total. The van der Waals surface area contributed by atoms with E-state index >= 15 is 0 Å². The Hall–Kier alpha value is -0.650. The Morgan fingerprint density at radius 2 is 1.14 bits per heavy atom. The highest BCUT2D eigenvalue weighted by molar-refractivity contribution is 5.71. The van der Waals surface area contributed by atoms with Gasteiger partial charge in [-0.1, -0.05) is 111 Å². The summed E-state index contributed by atoms with van der Waals surface area (Å²) in [5.41, 5.74) is 5.34. The van der Waals surface area contributed by atoms with Gasteiger partial charge in [0.2, 0.25) is 0 Å². The molecule has 0 aliphatic rings. The first kappa shape index (κ1) is 30.5. The van der Waals surface area contributed by atoms with Crippen molar-refractivity contribution in [3.05, 3.63) is 0 Å². The van der Waals surface area contributed by atoms with Gasteiger partial charge in [-0.2, -0.15) is 0 Å². The van der Waals surface area contributed by atoms with Crippen molar-refractivity contribution in [3.8, 4) is 0 Å². The summed E-state index contributed by atoms with van der Waals surface area (Å²) in [7, 11) is 0. The zero-order chi connectivity index (χ0) is 22.2. The second kappa shape index (κ2) is 25.4. The SMILES string of the molecule is CCCCCCCCCCCCCCCCC(O)C(=O)O.CCN(CC)CCN. The molecule has 0 saturated carbocycles. The largest absolute Gasteiger partial charge is 0.479 e. The van der Waals surface area contributed by atoms with Gasteiger partial charge >= 0.3 is 5.97 Å². The summed E-state index contributed by atoms with van der Waals surface area (Å²) in [6.45, 7) is 10.6. The molecule has 0 saturated heterocycles. The second-order valence-electron chi connectivity index (χ2n) is 8.05. The Kier molecular flexibility index (Phi) is 26.7. The first-order chi connectivity index (χ1) is 14.0. The predicted molar refractivity (Wildman–Crippen MR) is 125 cm³/mol. The summed E-state index contributed by atoms with van der Waals surface area (Å²) in [4.78, 5) is 12.7. The maximum Gasteiger partial charge on any atom is 0.332 e. The molecule has 4 N–H and O–H groups in total. The quantitative estimate of drug-likeness (QED) is 0.225. The van der Waals surface area contributed by atoms with E-state index in [1.807, 2.05) is 0 Å². The normalized spacial score (nSPS) is 11.9. The van der Waals surface area contributed by atoms with Crippen LogP contribution >= 0.6 is 0 Å². The van der Waals surface area contributed by atoms with E-state index in [2.05, 4.69) is 25.7 Å². The van der Waals surface area contributed by atoms with E-state index in [4.69, 9.17) is 15.9 Å². The predicted octanol–water partition coefficient (Wildman–Crippen LogP) is 5.59. The lowest BCUT2D eigenvalue weighted by Gasteiger charge is -2.15. The fourth-order valence-electron chi connectivity index (χ4n) is 3.38. The molecule has 176 valence electrons. The van der Waals surface area contributed by atoms with Gasteiger partial charge in [-0.3, -0.25) is 0 Å². The zero-order valence-electron chi connectivity index (χ0n) is 19.8. The maximum absolute atomic E-state index is 10.4. The minimum atomic E-state index is -1.16. The number of aliphatic hydroxyl groups excluding tert-OH is 1. The first-order valence-corrected chi connectivity index (χ1v) is 12.4. The molecule has 0 spiro atoms. The number of aliphatic hydroxyl groups is 1. The monoisotopic (exact) mass is 416 g/mol. The third kappa shape index (κ3) is 25.3. The van der Waals surface area contributed by atoms with Gasteiger partial charge in [-0.05, 0) is 19.5 Å². The zero-order valence-corrected chi connectivity index (χ0v) is 19.8. The van der Waals surface area contributed by atoms with Gasteiger partial charge in [-0.15, -0.1) is 0 Å². The smallest absolute Gasteiger partial charge is 0.332 e. The molecule has 0 aliphatic heterocycles. The number of carboxylic acid groups (broad SMARTS) is 1. The first-order valence-electron chi connectivity index (χ1n) is 12.4. The molecule has 1 atom stereocenters. The average molecular weight is 417 g/mol. The fraction of sp³-hybridized carbons (Fsp3) is 0.958. The van der Waals surface area contributed by atoms with Crippen molar-refractivity contribution in [1.82, 2.24) is 4.90 Å². The van der Waals surface area contributed by atoms with Crippen molar-refractivity contribution in [2.24, 2.45) is 5.73 Å². The third-order valence-corrected chi connectivity index (χ3v) is 5.46. The van der Waals surface area contributed by atoms with Gasteiger partial charge in [0.1, 0.15) is 0 Å². The molecule has 29 heavy (non-hydrogen) atoms. The van der Waals surface area contributed by atoms with Gasteiger partial charge in [0, 0.05) is 13.1 Å². The third-order valence-electron chi connectivity index (χ3n) is 5.46. The van der Waals surface area contributed by atoms with Crippen molar-refractivity contribution in [3.63, 3.8) is 0 Å². The van der Waals surface area contributed by atoms with E-state index in [0.29, 0.717) is 6.42 Å². The van der Waals surface area contributed by atoms with Crippen LogP contribution < -0.4 is 5.73 Å². The molecule has 0 heterocycles. The number of hydrogen-bond donors (Lipinski definition) is 3. The van der Waals surface area contributed by atoms with Crippen molar-refractivity contribution < 1.29 is 15.0 Å². The van der Waals surface area contributed by atoms with Crippen molar-refractivity contribution in [1.29, 1.82) is 0 Å². The van der Waals surface area contributed by atoms with E-state index in [1.165, 1.54) is 77.0 Å². The average Bonchev–Trinajstić information content (AvgIpc) is 2.72. The van der Waals surface area contributed by atoms with Crippen molar-refractivity contribution in [2.45, 2.75) is 123 Å². The highest BCUT2D eigenvalue weighted by atomic mass is 16.4. The highest BCUT2D eigenvalue weighted by Gasteiger charge is 2.11. The van der Waals surface area contributed by atoms with Crippen LogP contribution in [0.4, 0.5) is 0 Å². The van der Waals surface area contributed by atoms with Gasteiger partial charge in [0.25, 0.3) is 0 Å². The van der Waals surface area contributed by atoms with E-state index in [9.17, 15) is 4.79 Å². The van der Waals surface area contributed by atoms with Crippen LogP contribution in [0.15, 0.2) is 0 Å². The molecule has 0 rings (SSSR count). The summed E-state index contributed by atoms with van der Waals surface area (Å²) in [6.07, 6.45) is 17.3. The lowest BCUT2D eigenvalue weighted by Crippen LogP contribution is -2.28. The second-order valence-corrected chi connectivity index (χ2v) is 8.05. The van der Waals surface area contributed by atoms with Gasteiger partial charge in [0.15, 0.2) is 6.10 Å². The van der Waals surface area contributed by atoms with E-state index in [-0.39, 0.29) is 0 Å². The number of unbranched alkanes of at least 4 members (excludes halogenated alkanes) is 13. The topological polar surface area (TPSA) is 86.8 Å². The highest BCUT2D eigenvalue weighted by Crippen LogP contribution is 2.13. The van der Waals surface area contributed by atoms with Crippen LogP contribution in [0.25, 0.3) is 0 Å². The molecule has 0 bridgehead atoms. The van der Waals surface area contributed by atoms with Gasteiger partial charge < -0.3 is 20.8 Å². The molecule has 0 radical (unpaired) electrons. The van der Waals surface area contributed by atoms with Crippen molar-refractivity contribution >= 4 is 5.97 Å². The number of carboxylic acids is 1. The number of rotatable bonds is 20. The lowest BCUT2D eigenvalue weighted by atomic mass is 10.0. The minimum Gasteiger partial charge on any atom is -0.479 e. The van der Waals surface area contributed by atoms with Crippen LogP contribution in [0.5, 0.6) is 0 Å². The number of nitrogens with two attached hydrogens (primary N) is 1. The Bertz CT molecular complexity index is 323. The van der Waals surface area contributed by atoms with Crippen molar-refractivity contribution in [2.75, 3.05) is 26.2 Å². The molecule has 0 aliphatic carbocycles. The summed E-state index contributed by atoms with van der Waals surface area (Å²) in [5.74, 6) is -1.09. The molecule has 0 amide bonds. The molecule has 0 fully saturated rings. The molecule has 0 aromatic carbocycles. The number of likely N-dealkylation sites (N-methyl/N-ethyl adjacent to an activating group) is 1. The fourth-order valence-corrected chi connectivity index (χ4v) is 3.38. The lowest BCUT2D eigenvalue weighted by molar-refractivity contribution is -0.146. The number of hydrogen-bond acceptors (Lipinski definition) is 4. The summed E-state index contributed by atoms with van der Waals surface area (Å²) >= 11 is 0. The number of aliphatic carboxylic acids is 1. The molecule has 1 unspecified atom stereocenters. The summed E-state index contributed by atoms with van der Waals surface area (Å²) < 4.78 is 0. The van der Waals surface area contributed by atoms with Crippen LogP contribution in [0.3, 0.4) is 0 Å². The molecule has 0 aromatic rings. The van der Waals surface area contributed by atoms with Crippen LogP contribution in [-0.4, -0.2) is 53.4 Å². The Labute approximate surface area is 181 Å². The van der Waals surface area contributed by atoms with Crippen LogP contribution in [0.1, 0.15) is 117 Å². The van der Waals surface area contributed by atoms with Crippen LogP contribution in [0, 0.1) is 0 Å². The standard InChI is InChI=1S/C18H36O3.C6H16N2/c1-2-3-4-5-6-7-8-9-10-11-12-13-14-15-16-17(19)18(20)21;1-3-8(4-2)6-5-7/h17,19H,2-16H2,1H3,(H,20,21);3-7H2,1-2H3. The maximum atomic E-state index is 10.4. The van der Waals surface area contributed by atoms with Crippen LogP contribution in [0.2, 0.25) is 0 Å². The van der Waals surface area contributed by atoms with Gasteiger partial charge in [0.05, 0.1) is 0 Å².